The third kappa shape index (κ3) is 6.04. The smallest absolute Gasteiger partial charge is 0.266 e. The van der Waals surface area contributed by atoms with Crippen LogP contribution in [0.25, 0.3) is 6.08 Å². The fourth-order valence-electron chi connectivity index (χ4n) is 3.71. The van der Waals surface area contributed by atoms with Crippen LogP contribution in [0, 0.1) is 10.5 Å². The van der Waals surface area contributed by atoms with Crippen molar-refractivity contribution in [3.8, 4) is 17.2 Å². The van der Waals surface area contributed by atoms with Gasteiger partial charge in [-0.3, -0.25) is 9.69 Å². The molecule has 1 amide bonds. The Morgan fingerprint density at radius 1 is 1.06 bits per heavy atom. The number of likely N-dealkylation sites (N-methyl/N-ethyl adjacent to an activating group) is 1. The second-order valence-electron chi connectivity index (χ2n) is 8.06. The molecule has 4 rings (SSSR count). The molecule has 0 saturated carbocycles. The number of thioether (sulfide) groups is 1. The van der Waals surface area contributed by atoms with E-state index in [-0.39, 0.29) is 5.91 Å². The van der Waals surface area contributed by atoms with Crippen LogP contribution in [0.1, 0.15) is 23.6 Å². The molecule has 1 saturated heterocycles. The zero-order chi connectivity index (χ0) is 25.7. The number of amidine groups is 1. The largest absolute Gasteiger partial charge is 0.497 e. The van der Waals surface area contributed by atoms with Crippen molar-refractivity contribution in [3.63, 3.8) is 0 Å². The van der Waals surface area contributed by atoms with E-state index in [1.165, 1.54) is 17.3 Å². The Bertz CT molecular complexity index is 1320. The van der Waals surface area contributed by atoms with Gasteiger partial charge in [-0.25, -0.2) is 4.99 Å². The molecule has 0 spiro atoms. The number of carbonyl (C=O) groups excluding carboxylic acids is 1. The molecule has 1 heterocycles. The van der Waals surface area contributed by atoms with Crippen molar-refractivity contribution in [3.05, 3.63) is 85.8 Å². The predicted octanol–water partition coefficient (Wildman–Crippen LogP) is 6.82. The first-order valence-corrected chi connectivity index (χ1v) is 13.3. The first-order valence-electron chi connectivity index (χ1n) is 11.4. The van der Waals surface area contributed by atoms with Crippen LogP contribution in [-0.2, 0) is 11.4 Å². The van der Waals surface area contributed by atoms with Gasteiger partial charge >= 0.3 is 0 Å². The minimum Gasteiger partial charge on any atom is -0.497 e. The molecule has 0 N–H and O–H groups in total. The number of hydrogen-bond donors (Lipinski definition) is 0. The van der Waals surface area contributed by atoms with E-state index in [1.807, 2.05) is 61.5 Å². The van der Waals surface area contributed by atoms with E-state index in [1.54, 1.807) is 19.1 Å². The highest BCUT2D eigenvalue weighted by molar-refractivity contribution is 14.1. The molecule has 0 aromatic heterocycles. The zero-order valence-corrected chi connectivity index (χ0v) is 23.6. The maximum Gasteiger partial charge on any atom is 0.266 e. The van der Waals surface area contributed by atoms with E-state index in [0.717, 1.165) is 26.1 Å². The lowest BCUT2D eigenvalue weighted by Gasteiger charge is -2.14. The van der Waals surface area contributed by atoms with Gasteiger partial charge in [0.15, 0.2) is 16.7 Å². The SMILES string of the molecule is CCN1C(=O)/C(=C\c2cc(I)c(OCc3cccc(C)c3)c(OC)c2)SC1=Nc1ccc(OC)cc1. The van der Waals surface area contributed by atoms with E-state index < -0.39 is 0 Å². The van der Waals surface area contributed by atoms with E-state index >= 15 is 0 Å². The lowest BCUT2D eigenvalue weighted by Crippen LogP contribution is -2.28. The summed E-state index contributed by atoms with van der Waals surface area (Å²) in [6, 6.07) is 19.6. The molecule has 8 heteroatoms. The van der Waals surface area contributed by atoms with Crippen molar-refractivity contribution >= 4 is 57.2 Å². The van der Waals surface area contributed by atoms with Gasteiger partial charge in [0.1, 0.15) is 12.4 Å². The molecule has 3 aromatic rings. The quantitative estimate of drug-likeness (QED) is 0.206. The van der Waals surface area contributed by atoms with Gasteiger partial charge in [0.25, 0.3) is 5.91 Å². The summed E-state index contributed by atoms with van der Waals surface area (Å²) in [4.78, 5) is 20.1. The van der Waals surface area contributed by atoms with Gasteiger partial charge in [-0.05, 0) is 102 Å². The Morgan fingerprint density at radius 3 is 2.50 bits per heavy atom. The van der Waals surface area contributed by atoms with Crippen molar-refractivity contribution in [1.82, 2.24) is 4.90 Å². The van der Waals surface area contributed by atoms with Crippen LogP contribution in [0.2, 0.25) is 0 Å². The number of halogens is 1. The van der Waals surface area contributed by atoms with Crippen molar-refractivity contribution in [2.75, 3.05) is 20.8 Å². The first-order chi connectivity index (χ1) is 17.4. The maximum atomic E-state index is 13.1. The molecule has 0 bridgehead atoms. The molecule has 0 aliphatic carbocycles. The zero-order valence-electron chi connectivity index (χ0n) is 20.6. The number of nitrogens with zero attached hydrogens (tertiary/aromatic N) is 2. The Labute approximate surface area is 229 Å². The molecule has 1 fully saturated rings. The van der Waals surface area contributed by atoms with Gasteiger partial charge < -0.3 is 14.2 Å². The van der Waals surface area contributed by atoms with Gasteiger partial charge in [-0.15, -0.1) is 0 Å². The Kier molecular flexibility index (Phi) is 8.58. The first kappa shape index (κ1) is 26.1. The molecule has 0 unspecified atom stereocenters. The molecule has 6 nitrogen and oxygen atoms in total. The Balaban J connectivity index is 1.58. The van der Waals surface area contributed by atoms with Crippen LogP contribution in [0.15, 0.2) is 70.6 Å². The molecule has 0 atom stereocenters. The number of hydrogen-bond acceptors (Lipinski definition) is 6. The van der Waals surface area contributed by atoms with Crippen LogP contribution in [0.3, 0.4) is 0 Å². The minimum atomic E-state index is -0.0662. The van der Waals surface area contributed by atoms with E-state index in [9.17, 15) is 4.79 Å². The van der Waals surface area contributed by atoms with Crippen molar-refractivity contribution in [1.29, 1.82) is 0 Å². The Morgan fingerprint density at radius 2 is 1.83 bits per heavy atom. The van der Waals surface area contributed by atoms with Gasteiger partial charge in [0.2, 0.25) is 0 Å². The van der Waals surface area contributed by atoms with Crippen LogP contribution >= 0.6 is 34.4 Å². The number of amides is 1. The van der Waals surface area contributed by atoms with Crippen molar-refractivity contribution < 1.29 is 19.0 Å². The van der Waals surface area contributed by atoms with E-state index in [4.69, 9.17) is 19.2 Å². The van der Waals surface area contributed by atoms with Gasteiger partial charge in [-0.1, -0.05) is 29.8 Å². The Hall–Kier alpha value is -2.98. The number of aliphatic imine (C=N–C) groups is 1. The molecular formula is C28H27IN2O4S. The lowest BCUT2D eigenvalue weighted by atomic mass is 10.1. The summed E-state index contributed by atoms with van der Waals surface area (Å²) in [6.45, 7) is 4.98. The van der Waals surface area contributed by atoms with Crippen molar-refractivity contribution in [2.24, 2.45) is 4.99 Å². The van der Waals surface area contributed by atoms with Gasteiger partial charge in [-0.2, -0.15) is 0 Å². The fourth-order valence-corrected chi connectivity index (χ4v) is 5.55. The highest BCUT2D eigenvalue weighted by Crippen LogP contribution is 2.38. The number of methoxy groups -OCH3 is 2. The molecule has 3 aromatic carbocycles. The molecular weight excluding hydrogens is 587 g/mol. The fraction of sp³-hybridized carbons (Fsp3) is 0.214. The average Bonchev–Trinajstić information content (AvgIpc) is 3.16. The highest BCUT2D eigenvalue weighted by atomic mass is 127. The molecule has 0 radical (unpaired) electrons. The summed E-state index contributed by atoms with van der Waals surface area (Å²) in [5, 5.41) is 0.652. The molecule has 186 valence electrons. The third-order valence-corrected chi connectivity index (χ3v) is 7.32. The molecule has 36 heavy (non-hydrogen) atoms. The standard InChI is InChI=1S/C28H27IN2O4S/c1-5-31-27(32)25(36-28(31)30-21-9-11-22(33-3)12-10-21)16-20-14-23(29)26(24(15-20)34-4)35-17-19-8-6-7-18(2)13-19/h6-16H,5,17H2,1-4H3/b25-16+,30-28?. The van der Waals surface area contributed by atoms with Crippen LogP contribution < -0.4 is 14.2 Å². The number of aryl methyl sites for hydroxylation is 1. The topological polar surface area (TPSA) is 60.4 Å². The monoisotopic (exact) mass is 614 g/mol. The van der Waals surface area contributed by atoms with Crippen LogP contribution in [0.5, 0.6) is 17.2 Å². The average molecular weight is 615 g/mol. The summed E-state index contributed by atoms with van der Waals surface area (Å²) in [6.07, 6.45) is 1.88. The molecule has 1 aliphatic heterocycles. The number of carbonyl (C=O) groups is 1. The van der Waals surface area contributed by atoms with Gasteiger partial charge in [0, 0.05) is 6.54 Å². The normalized spacial score (nSPS) is 15.6. The summed E-state index contributed by atoms with van der Waals surface area (Å²) in [5.74, 6) is 2.00. The van der Waals surface area contributed by atoms with Gasteiger partial charge in [0.05, 0.1) is 28.4 Å². The molecule has 1 aliphatic rings. The predicted molar refractivity (Wildman–Crippen MR) is 154 cm³/mol. The summed E-state index contributed by atoms with van der Waals surface area (Å²) in [7, 11) is 3.25. The van der Waals surface area contributed by atoms with Crippen molar-refractivity contribution in [2.45, 2.75) is 20.5 Å². The highest BCUT2D eigenvalue weighted by Gasteiger charge is 2.32. The summed E-state index contributed by atoms with van der Waals surface area (Å²) < 4.78 is 17.9. The third-order valence-electron chi connectivity index (χ3n) is 5.52. The number of ether oxygens (including phenoxy) is 3. The number of rotatable bonds is 8. The second kappa shape index (κ2) is 11.8. The lowest BCUT2D eigenvalue weighted by molar-refractivity contribution is -0.122. The summed E-state index contributed by atoms with van der Waals surface area (Å²) >= 11 is 3.61. The minimum absolute atomic E-state index is 0.0662. The number of benzene rings is 3. The van der Waals surface area contributed by atoms with Crippen LogP contribution in [0.4, 0.5) is 5.69 Å². The second-order valence-corrected chi connectivity index (χ2v) is 10.2. The van der Waals surface area contributed by atoms with E-state index in [0.29, 0.717) is 34.7 Å². The van der Waals surface area contributed by atoms with Crippen LogP contribution in [-0.4, -0.2) is 36.7 Å². The maximum absolute atomic E-state index is 13.1. The van der Waals surface area contributed by atoms with E-state index in [2.05, 4.69) is 41.6 Å². The summed E-state index contributed by atoms with van der Waals surface area (Å²) in [5.41, 5.74) is 3.90.